The van der Waals surface area contributed by atoms with E-state index >= 15 is 0 Å². The van der Waals surface area contributed by atoms with Crippen LogP contribution in [0.2, 0.25) is 0 Å². The number of methoxy groups -OCH3 is 1. The van der Waals surface area contributed by atoms with Crippen molar-refractivity contribution in [2.45, 2.75) is 32.7 Å². The first kappa shape index (κ1) is 26.5. The lowest BCUT2D eigenvalue weighted by atomic mass is 9.95. The Hall–Kier alpha value is -4.11. The summed E-state index contributed by atoms with van der Waals surface area (Å²) < 4.78 is 5.78. The molecule has 2 atom stereocenters. The Balaban J connectivity index is 1.44. The summed E-state index contributed by atoms with van der Waals surface area (Å²) in [6.45, 7) is 10.6. The molecular weight excluding hydrogens is 492 g/mol. The van der Waals surface area contributed by atoms with E-state index in [1.807, 2.05) is 41.5 Å². The van der Waals surface area contributed by atoms with E-state index in [-0.39, 0.29) is 11.9 Å². The lowest BCUT2D eigenvalue weighted by molar-refractivity contribution is -0.111. The Bertz CT molecular complexity index is 1320. The average Bonchev–Trinajstić information content (AvgIpc) is 3.65. The zero-order valence-corrected chi connectivity index (χ0v) is 22.8. The average molecular weight is 529 g/mol. The van der Waals surface area contributed by atoms with Crippen molar-refractivity contribution in [2.75, 3.05) is 47.4 Å². The highest BCUT2D eigenvalue weighted by atomic mass is 16.7. The molecule has 0 unspecified atom stereocenters. The predicted octanol–water partition coefficient (Wildman–Crippen LogP) is 5.72. The fraction of sp³-hybridized carbons (Fsp3) is 0.367. The summed E-state index contributed by atoms with van der Waals surface area (Å²) in [5, 5.41) is 8.19. The second kappa shape index (κ2) is 11.7. The molecular formula is C30H36N6O3. The minimum atomic E-state index is -0.269. The Morgan fingerprint density at radius 1 is 1.15 bits per heavy atom. The number of aromatic nitrogens is 2. The molecule has 2 aliphatic heterocycles. The summed E-state index contributed by atoms with van der Waals surface area (Å²) in [6, 6.07) is 16.0. The number of nitrogens with one attached hydrogen (secondary N) is 2. The maximum atomic E-state index is 12.3. The van der Waals surface area contributed by atoms with Crippen LogP contribution in [0.25, 0.3) is 0 Å². The van der Waals surface area contributed by atoms with Gasteiger partial charge in [0, 0.05) is 31.6 Å². The molecule has 0 radical (unpaired) electrons. The molecule has 2 aliphatic rings. The van der Waals surface area contributed by atoms with Gasteiger partial charge >= 0.3 is 0 Å². The Morgan fingerprint density at radius 2 is 1.97 bits per heavy atom. The molecule has 1 aromatic heterocycles. The minimum absolute atomic E-state index is 0.0682. The fourth-order valence-electron chi connectivity index (χ4n) is 5.28. The number of nitrogens with zero attached hydrogens (tertiary/aromatic N) is 4. The molecule has 2 aromatic carbocycles. The van der Waals surface area contributed by atoms with Crippen LogP contribution in [0.3, 0.4) is 0 Å². The maximum absolute atomic E-state index is 12.3. The van der Waals surface area contributed by atoms with E-state index in [2.05, 4.69) is 58.1 Å². The first-order valence-electron chi connectivity index (χ1n) is 13.4. The molecule has 0 spiro atoms. The van der Waals surface area contributed by atoms with Gasteiger partial charge in [-0.05, 0) is 36.0 Å². The zero-order valence-electron chi connectivity index (χ0n) is 22.8. The number of hydroxylamine groups is 1. The molecule has 2 N–H and O–H groups in total. The number of hydrogen-bond donors (Lipinski definition) is 2. The van der Waals surface area contributed by atoms with Crippen molar-refractivity contribution in [2.24, 2.45) is 11.8 Å². The quantitative estimate of drug-likeness (QED) is 0.341. The Kier molecular flexibility index (Phi) is 7.97. The molecule has 1 amide bonds. The monoisotopic (exact) mass is 528 g/mol. The predicted molar refractivity (Wildman–Crippen MR) is 155 cm³/mol. The summed E-state index contributed by atoms with van der Waals surface area (Å²) in [6.07, 6.45) is 4.77. The first-order valence-corrected chi connectivity index (χ1v) is 13.4. The lowest BCUT2D eigenvalue weighted by Crippen LogP contribution is -2.23. The van der Waals surface area contributed by atoms with Crippen molar-refractivity contribution >= 4 is 34.6 Å². The van der Waals surface area contributed by atoms with Crippen LogP contribution in [-0.4, -0.2) is 42.7 Å². The van der Waals surface area contributed by atoms with Gasteiger partial charge in [0.25, 0.3) is 0 Å². The number of ether oxygens (including phenoxy) is 1. The summed E-state index contributed by atoms with van der Waals surface area (Å²) in [7, 11) is 1.64. The van der Waals surface area contributed by atoms with Gasteiger partial charge in [0.05, 0.1) is 36.8 Å². The van der Waals surface area contributed by atoms with Gasteiger partial charge in [-0.1, -0.05) is 50.8 Å². The summed E-state index contributed by atoms with van der Waals surface area (Å²) in [4.78, 5) is 29.5. The van der Waals surface area contributed by atoms with E-state index < -0.39 is 0 Å². The van der Waals surface area contributed by atoms with Gasteiger partial charge in [0.15, 0.2) is 5.82 Å². The molecule has 2 saturated heterocycles. The highest BCUT2D eigenvalue weighted by Crippen LogP contribution is 2.41. The van der Waals surface area contributed by atoms with Crippen LogP contribution in [0, 0.1) is 11.8 Å². The molecule has 9 nitrogen and oxygen atoms in total. The van der Waals surface area contributed by atoms with Gasteiger partial charge in [-0.3, -0.25) is 9.63 Å². The summed E-state index contributed by atoms with van der Waals surface area (Å²) >= 11 is 0. The highest BCUT2D eigenvalue weighted by molar-refractivity contribution is 6.02. The van der Waals surface area contributed by atoms with Crippen molar-refractivity contribution in [3.8, 4) is 5.75 Å². The number of amides is 1. The number of carbonyl (C=O) groups is 1. The third-order valence-corrected chi connectivity index (χ3v) is 7.50. The standard InChI is InChI=1S/C30H36N6O3/c1-5-30(37)34-23-15-24(27(38-4)16-26(23)35-13-11-22(18-35)20(2)3)33-28-17-29(32-19-31-28)36-25(12-14-39-36)21-9-7-6-8-10-21/h5-10,15-17,19-20,22,25H,1,11-14,18H2,2-4H3,(H,34,37)(H,31,32,33)/t22-,25-/m1/s1. The van der Waals surface area contributed by atoms with E-state index in [0.29, 0.717) is 47.2 Å². The summed E-state index contributed by atoms with van der Waals surface area (Å²) in [5.41, 5.74) is 3.46. The highest BCUT2D eigenvalue weighted by Gasteiger charge is 2.30. The Labute approximate surface area is 229 Å². The minimum Gasteiger partial charge on any atom is -0.494 e. The molecule has 9 heteroatoms. The van der Waals surface area contributed by atoms with E-state index in [4.69, 9.17) is 9.57 Å². The first-order chi connectivity index (χ1) is 19.0. The normalized spacial score (nSPS) is 18.9. The molecule has 0 aliphatic carbocycles. The van der Waals surface area contributed by atoms with Crippen molar-refractivity contribution in [1.29, 1.82) is 0 Å². The van der Waals surface area contributed by atoms with Gasteiger partial charge < -0.3 is 20.3 Å². The van der Waals surface area contributed by atoms with Gasteiger partial charge in [-0.25, -0.2) is 15.0 Å². The van der Waals surface area contributed by atoms with Crippen LogP contribution in [0.1, 0.15) is 38.3 Å². The second-order valence-electron chi connectivity index (χ2n) is 10.3. The second-order valence-corrected chi connectivity index (χ2v) is 10.3. The van der Waals surface area contributed by atoms with Crippen LogP contribution in [-0.2, 0) is 9.63 Å². The number of hydrogen-bond acceptors (Lipinski definition) is 8. The molecule has 0 saturated carbocycles. The molecule has 5 rings (SSSR count). The summed E-state index contributed by atoms with van der Waals surface area (Å²) in [5.74, 6) is 2.81. The van der Waals surface area contributed by atoms with Crippen molar-refractivity contribution in [3.63, 3.8) is 0 Å². The van der Waals surface area contributed by atoms with Gasteiger partial charge in [0.1, 0.15) is 17.9 Å². The van der Waals surface area contributed by atoms with Crippen LogP contribution >= 0.6 is 0 Å². The van der Waals surface area contributed by atoms with Gasteiger partial charge in [-0.15, -0.1) is 0 Å². The van der Waals surface area contributed by atoms with E-state index in [1.54, 1.807) is 7.11 Å². The van der Waals surface area contributed by atoms with Crippen molar-refractivity contribution in [3.05, 3.63) is 73.1 Å². The van der Waals surface area contributed by atoms with Crippen molar-refractivity contribution in [1.82, 2.24) is 9.97 Å². The van der Waals surface area contributed by atoms with E-state index in [0.717, 1.165) is 31.6 Å². The Morgan fingerprint density at radius 3 is 2.69 bits per heavy atom. The third-order valence-electron chi connectivity index (χ3n) is 7.50. The van der Waals surface area contributed by atoms with Crippen LogP contribution < -0.4 is 25.3 Å². The molecule has 39 heavy (non-hydrogen) atoms. The van der Waals surface area contributed by atoms with Gasteiger partial charge in [0.2, 0.25) is 5.91 Å². The number of anilines is 5. The topological polar surface area (TPSA) is 91.9 Å². The molecule has 204 valence electrons. The van der Waals surface area contributed by atoms with Crippen LogP contribution in [0.4, 0.5) is 28.7 Å². The van der Waals surface area contributed by atoms with Crippen molar-refractivity contribution < 1.29 is 14.4 Å². The SMILES string of the molecule is C=CC(=O)Nc1cc(Nc2cc(N3OCC[C@@H]3c3ccccc3)ncn2)c(OC)cc1N1CC[C@@H](C(C)C)C1. The number of carbonyl (C=O) groups excluding carboxylic acids is 1. The smallest absolute Gasteiger partial charge is 0.247 e. The molecule has 3 aromatic rings. The molecule has 2 fully saturated rings. The molecule has 0 bridgehead atoms. The number of benzene rings is 2. The van der Waals surface area contributed by atoms with Crippen LogP contribution in [0.15, 0.2) is 67.5 Å². The van der Waals surface area contributed by atoms with E-state index in [1.165, 1.54) is 18.0 Å². The maximum Gasteiger partial charge on any atom is 0.247 e. The third kappa shape index (κ3) is 5.83. The fourth-order valence-corrected chi connectivity index (χ4v) is 5.28. The van der Waals surface area contributed by atoms with Crippen LogP contribution in [0.5, 0.6) is 5.75 Å². The lowest BCUT2D eigenvalue weighted by Gasteiger charge is -2.25. The van der Waals surface area contributed by atoms with E-state index in [9.17, 15) is 4.79 Å². The van der Waals surface area contributed by atoms with Gasteiger partial charge in [-0.2, -0.15) is 0 Å². The molecule has 3 heterocycles. The largest absolute Gasteiger partial charge is 0.494 e. The number of rotatable bonds is 9. The zero-order chi connectivity index (χ0) is 27.4.